The summed E-state index contributed by atoms with van der Waals surface area (Å²) in [5.41, 5.74) is 7.52. The summed E-state index contributed by atoms with van der Waals surface area (Å²) in [6.45, 7) is 10.7. The average Bonchev–Trinajstić information content (AvgIpc) is 2.74. The van der Waals surface area contributed by atoms with Gasteiger partial charge in [-0.1, -0.05) is 55.8 Å². The van der Waals surface area contributed by atoms with Crippen LogP contribution in [0.25, 0.3) is 11.3 Å². The molecule has 0 amide bonds. The molecule has 3 aromatic rings. The summed E-state index contributed by atoms with van der Waals surface area (Å²) < 4.78 is 0. The number of aromatic nitrogens is 1. The molecule has 0 saturated carbocycles. The number of anilines is 2. The second kappa shape index (κ2) is 8.05. The standard InChI is InChI=1S/C25H29N3/c1-19(2)21-8-10-22(11-9-21)25-24(5-4-14-26-25)28-17-15-27(16-18-28)23-12-6-20(3)7-13-23/h4-14,19H,15-18H2,1-3H3. The Morgan fingerprint density at radius 1 is 0.786 bits per heavy atom. The molecule has 1 aliphatic heterocycles. The minimum absolute atomic E-state index is 0.548. The zero-order valence-electron chi connectivity index (χ0n) is 17.1. The molecule has 1 fully saturated rings. The lowest BCUT2D eigenvalue weighted by Gasteiger charge is -2.38. The van der Waals surface area contributed by atoms with Crippen molar-refractivity contribution in [3.8, 4) is 11.3 Å². The maximum absolute atomic E-state index is 4.73. The van der Waals surface area contributed by atoms with Crippen molar-refractivity contribution in [3.05, 3.63) is 78.0 Å². The molecule has 1 aliphatic rings. The van der Waals surface area contributed by atoms with Gasteiger partial charge in [0, 0.05) is 43.6 Å². The van der Waals surface area contributed by atoms with E-state index in [1.807, 2.05) is 12.3 Å². The molecule has 0 N–H and O–H groups in total. The third-order valence-corrected chi connectivity index (χ3v) is 5.66. The van der Waals surface area contributed by atoms with Gasteiger partial charge in [-0.2, -0.15) is 0 Å². The molecule has 0 spiro atoms. The lowest BCUT2D eigenvalue weighted by molar-refractivity contribution is 0.653. The fraction of sp³-hybridized carbons (Fsp3) is 0.320. The smallest absolute Gasteiger partial charge is 0.0935 e. The van der Waals surface area contributed by atoms with Gasteiger partial charge in [0.25, 0.3) is 0 Å². The normalized spacial score (nSPS) is 14.6. The number of rotatable bonds is 4. The van der Waals surface area contributed by atoms with Gasteiger partial charge in [-0.3, -0.25) is 4.98 Å². The van der Waals surface area contributed by atoms with Crippen LogP contribution < -0.4 is 9.80 Å². The monoisotopic (exact) mass is 371 g/mol. The van der Waals surface area contributed by atoms with E-state index in [9.17, 15) is 0 Å². The number of hydrogen-bond acceptors (Lipinski definition) is 3. The first kappa shape index (κ1) is 18.5. The number of piperazine rings is 1. The molecule has 0 unspecified atom stereocenters. The minimum atomic E-state index is 0.548. The Hall–Kier alpha value is -2.81. The summed E-state index contributed by atoms with van der Waals surface area (Å²) in [5.74, 6) is 0.548. The summed E-state index contributed by atoms with van der Waals surface area (Å²) in [6.07, 6.45) is 1.90. The van der Waals surface area contributed by atoms with E-state index in [1.54, 1.807) is 0 Å². The molecule has 3 heteroatoms. The third-order valence-electron chi connectivity index (χ3n) is 5.66. The van der Waals surface area contributed by atoms with E-state index in [-0.39, 0.29) is 0 Å². The first-order chi connectivity index (χ1) is 13.6. The van der Waals surface area contributed by atoms with Gasteiger partial charge >= 0.3 is 0 Å². The number of pyridine rings is 1. The Labute approximate surface area is 168 Å². The third kappa shape index (κ3) is 3.89. The summed E-state index contributed by atoms with van der Waals surface area (Å²) in [4.78, 5) is 9.68. The van der Waals surface area contributed by atoms with Crippen LogP contribution in [0.2, 0.25) is 0 Å². The lowest BCUT2D eigenvalue weighted by atomic mass is 10.00. The van der Waals surface area contributed by atoms with E-state index < -0.39 is 0 Å². The predicted octanol–water partition coefficient (Wildman–Crippen LogP) is 5.51. The fourth-order valence-corrected chi connectivity index (χ4v) is 3.86. The van der Waals surface area contributed by atoms with Crippen molar-refractivity contribution >= 4 is 11.4 Å². The van der Waals surface area contributed by atoms with Crippen LogP contribution in [-0.4, -0.2) is 31.2 Å². The molecule has 0 radical (unpaired) electrons. The summed E-state index contributed by atoms with van der Waals surface area (Å²) in [7, 11) is 0. The number of aryl methyl sites for hydroxylation is 1. The maximum Gasteiger partial charge on any atom is 0.0935 e. The lowest BCUT2D eigenvalue weighted by Crippen LogP contribution is -2.46. The van der Waals surface area contributed by atoms with Crippen LogP contribution >= 0.6 is 0 Å². The molecule has 144 valence electrons. The van der Waals surface area contributed by atoms with Crippen molar-refractivity contribution < 1.29 is 0 Å². The highest BCUT2D eigenvalue weighted by Gasteiger charge is 2.20. The van der Waals surface area contributed by atoms with Crippen molar-refractivity contribution in [2.75, 3.05) is 36.0 Å². The van der Waals surface area contributed by atoms with Gasteiger partial charge in [-0.05, 0) is 42.7 Å². The highest BCUT2D eigenvalue weighted by molar-refractivity contribution is 5.75. The Kier molecular flexibility index (Phi) is 5.34. The Balaban J connectivity index is 1.52. The Morgan fingerprint density at radius 2 is 1.43 bits per heavy atom. The van der Waals surface area contributed by atoms with Crippen LogP contribution in [0.5, 0.6) is 0 Å². The quantitative estimate of drug-likeness (QED) is 0.603. The molecule has 28 heavy (non-hydrogen) atoms. The molecule has 2 aromatic carbocycles. The summed E-state index contributed by atoms with van der Waals surface area (Å²) in [5, 5.41) is 0. The largest absolute Gasteiger partial charge is 0.368 e. The van der Waals surface area contributed by atoms with Crippen molar-refractivity contribution in [2.45, 2.75) is 26.7 Å². The van der Waals surface area contributed by atoms with Gasteiger partial charge < -0.3 is 9.80 Å². The van der Waals surface area contributed by atoms with Gasteiger partial charge in [0.1, 0.15) is 0 Å². The summed E-state index contributed by atoms with van der Waals surface area (Å²) in [6, 6.07) is 22.0. The van der Waals surface area contributed by atoms with Crippen molar-refractivity contribution in [1.82, 2.24) is 4.98 Å². The van der Waals surface area contributed by atoms with Gasteiger partial charge in [-0.15, -0.1) is 0 Å². The second-order valence-corrected chi connectivity index (χ2v) is 7.96. The molecular weight excluding hydrogens is 342 g/mol. The zero-order valence-corrected chi connectivity index (χ0v) is 17.1. The molecule has 0 atom stereocenters. The molecular formula is C25H29N3. The predicted molar refractivity (Wildman–Crippen MR) is 119 cm³/mol. The van der Waals surface area contributed by atoms with E-state index in [0.717, 1.165) is 31.9 Å². The fourth-order valence-electron chi connectivity index (χ4n) is 3.86. The van der Waals surface area contributed by atoms with Crippen molar-refractivity contribution in [3.63, 3.8) is 0 Å². The maximum atomic E-state index is 4.73. The second-order valence-electron chi connectivity index (χ2n) is 7.96. The first-order valence-corrected chi connectivity index (χ1v) is 10.2. The molecule has 2 heterocycles. The van der Waals surface area contributed by atoms with E-state index in [0.29, 0.717) is 5.92 Å². The summed E-state index contributed by atoms with van der Waals surface area (Å²) >= 11 is 0. The van der Waals surface area contributed by atoms with E-state index in [1.165, 1.54) is 28.1 Å². The van der Waals surface area contributed by atoms with Gasteiger partial charge in [0.2, 0.25) is 0 Å². The minimum Gasteiger partial charge on any atom is -0.368 e. The average molecular weight is 372 g/mol. The Morgan fingerprint density at radius 3 is 2.07 bits per heavy atom. The zero-order chi connectivity index (χ0) is 19.5. The van der Waals surface area contributed by atoms with Gasteiger partial charge in [0.15, 0.2) is 0 Å². The van der Waals surface area contributed by atoms with Crippen LogP contribution in [-0.2, 0) is 0 Å². The Bertz CT molecular complexity index is 905. The number of hydrogen-bond donors (Lipinski definition) is 0. The number of benzene rings is 2. The van der Waals surface area contributed by atoms with Gasteiger partial charge in [-0.25, -0.2) is 0 Å². The molecule has 0 bridgehead atoms. The number of nitrogens with zero attached hydrogens (tertiary/aromatic N) is 3. The SMILES string of the molecule is Cc1ccc(N2CCN(c3cccnc3-c3ccc(C(C)C)cc3)CC2)cc1. The molecule has 1 aromatic heterocycles. The van der Waals surface area contributed by atoms with Crippen LogP contribution in [0, 0.1) is 6.92 Å². The molecule has 1 saturated heterocycles. The molecule has 4 rings (SSSR count). The van der Waals surface area contributed by atoms with Crippen LogP contribution in [0.4, 0.5) is 11.4 Å². The van der Waals surface area contributed by atoms with Gasteiger partial charge in [0.05, 0.1) is 11.4 Å². The van der Waals surface area contributed by atoms with E-state index >= 15 is 0 Å². The van der Waals surface area contributed by atoms with Crippen molar-refractivity contribution in [1.29, 1.82) is 0 Å². The first-order valence-electron chi connectivity index (χ1n) is 10.2. The van der Waals surface area contributed by atoms with E-state index in [2.05, 4.69) is 85.2 Å². The molecule has 3 nitrogen and oxygen atoms in total. The van der Waals surface area contributed by atoms with Crippen LogP contribution in [0.1, 0.15) is 30.9 Å². The van der Waals surface area contributed by atoms with E-state index in [4.69, 9.17) is 4.98 Å². The topological polar surface area (TPSA) is 19.4 Å². The highest BCUT2D eigenvalue weighted by Crippen LogP contribution is 2.31. The van der Waals surface area contributed by atoms with Crippen LogP contribution in [0.15, 0.2) is 66.9 Å². The van der Waals surface area contributed by atoms with Crippen molar-refractivity contribution in [2.24, 2.45) is 0 Å². The molecule has 0 aliphatic carbocycles. The van der Waals surface area contributed by atoms with Crippen LogP contribution in [0.3, 0.4) is 0 Å². The highest BCUT2D eigenvalue weighted by atomic mass is 15.3.